The molecule has 0 aliphatic heterocycles. The van der Waals surface area contributed by atoms with Gasteiger partial charge in [-0.25, -0.2) is 0 Å². The fraction of sp³-hybridized carbons (Fsp3) is 0.545. The van der Waals surface area contributed by atoms with Crippen LogP contribution in [0, 0.1) is 20.8 Å². The van der Waals surface area contributed by atoms with Crippen LogP contribution >= 0.6 is 0 Å². The van der Waals surface area contributed by atoms with Crippen LogP contribution in [0.3, 0.4) is 0 Å². The second-order valence-electron chi connectivity index (χ2n) is 3.96. The summed E-state index contributed by atoms with van der Waals surface area (Å²) in [7, 11) is 0. The van der Waals surface area contributed by atoms with E-state index in [2.05, 4.69) is 20.6 Å². The second-order valence-corrected chi connectivity index (χ2v) is 3.96. The zero-order chi connectivity index (χ0) is 12.3. The minimum Gasteiger partial charge on any atom is -0.361 e. The Kier molecular flexibility index (Phi) is 3.53. The van der Waals surface area contributed by atoms with Gasteiger partial charge in [-0.15, -0.1) is 0 Å². The van der Waals surface area contributed by atoms with Crippen LogP contribution < -0.4 is 5.32 Å². The van der Waals surface area contributed by atoms with E-state index in [1.54, 1.807) is 6.92 Å². The number of aryl methyl sites for hydroxylation is 3. The summed E-state index contributed by atoms with van der Waals surface area (Å²) in [4.78, 5) is 4.13. The molecule has 2 rings (SSSR count). The molecule has 2 aromatic heterocycles. The number of rotatable bonds is 5. The van der Waals surface area contributed by atoms with Gasteiger partial charge in [-0.3, -0.25) is 0 Å². The molecule has 6 nitrogen and oxygen atoms in total. The lowest BCUT2D eigenvalue weighted by Gasteiger charge is -2.01. The molecule has 0 saturated carbocycles. The van der Waals surface area contributed by atoms with Crippen molar-refractivity contribution in [3.8, 4) is 0 Å². The summed E-state index contributed by atoms with van der Waals surface area (Å²) in [5.74, 6) is 2.20. The van der Waals surface area contributed by atoms with Crippen LogP contribution in [0.1, 0.15) is 28.7 Å². The molecule has 0 bridgehead atoms. The molecule has 0 atom stereocenters. The third kappa shape index (κ3) is 2.91. The van der Waals surface area contributed by atoms with Gasteiger partial charge in [0.2, 0.25) is 5.89 Å². The highest BCUT2D eigenvalue weighted by Gasteiger charge is 2.08. The fourth-order valence-electron chi connectivity index (χ4n) is 1.61. The summed E-state index contributed by atoms with van der Waals surface area (Å²) >= 11 is 0. The maximum Gasteiger partial charge on any atom is 0.223 e. The zero-order valence-corrected chi connectivity index (χ0v) is 10.3. The Hall–Kier alpha value is -1.69. The van der Waals surface area contributed by atoms with Gasteiger partial charge in [-0.05, 0) is 13.8 Å². The van der Waals surface area contributed by atoms with Gasteiger partial charge in [0.25, 0.3) is 0 Å². The average Bonchev–Trinajstić information content (AvgIpc) is 2.83. The molecule has 0 saturated heterocycles. The Morgan fingerprint density at radius 2 is 1.94 bits per heavy atom. The molecule has 92 valence electrons. The Balaban J connectivity index is 1.77. The van der Waals surface area contributed by atoms with E-state index < -0.39 is 0 Å². The maximum atomic E-state index is 5.08. The van der Waals surface area contributed by atoms with E-state index in [1.165, 1.54) is 0 Å². The van der Waals surface area contributed by atoms with Crippen molar-refractivity contribution in [2.24, 2.45) is 0 Å². The fourth-order valence-corrected chi connectivity index (χ4v) is 1.61. The molecule has 0 aromatic carbocycles. The van der Waals surface area contributed by atoms with Crippen LogP contribution in [0.4, 0.5) is 0 Å². The predicted molar refractivity (Wildman–Crippen MR) is 60.4 cm³/mol. The van der Waals surface area contributed by atoms with Gasteiger partial charge >= 0.3 is 0 Å². The van der Waals surface area contributed by atoms with E-state index in [0.717, 1.165) is 42.4 Å². The lowest BCUT2D eigenvalue weighted by atomic mass is 10.2. The van der Waals surface area contributed by atoms with E-state index in [4.69, 9.17) is 9.05 Å². The van der Waals surface area contributed by atoms with Gasteiger partial charge in [-0.1, -0.05) is 10.3 Å². The van der Waals surface area contributed by atoms with Crippen LogP contribution in [0.5, 0.6) is 0 Å². The molecule has 2 aromatic rings. The molecule has 0 fully saturated rings. The molecule has 0 aliphatic rings. The van der Waals surface area contributed by atoms with Crippen LogP contribution in [-0.4, -0.2) is 21.8 Å². The molecule has 17 heavy (non-hydrogen) atoms. The second kappa shape index (κ2) is 5.09. The summed E-state index contributed by atoms with van der Waals surface area (Å²) in [5, 5.41) is 11.0. The van der Waals surface area contributed by atoms with Crippen LogP contribution in [0.15, 0.2) is 9.05 Å². The first kappa shape index (κ1) is 11.8. The molecule has 0 amide bonds. The van der Waals surface area contributed by atoms with Gasteiger partial charge in [-0.2, -0.15) is 4.98 Å². The van der Waals surface area contributed by atoms with Crippen molar-refractivity contribution >= 4 is 0 Å². The third-order valence-corrected chi connectivity index (χ3v) is 2.58. The summed E-state index contributed by atoms with van der Waals surface area (Å²) in [6, 6.07) is 0. The SMILES string of the molecule is Cc1nc(CCNCc2c(C)noc2C)no1. The normalized spacial score (nSPS) is 11.0. The quantitative estimate of drug-likeness (QED) is 0.789. The lowest BCUT2D eigenvalue weighted by Crippen LogP contribution is -2.17. The lowest BCUT2D eigenvalue weighted by molar-refractivity contribution is 0.386. The summed E-state index contributed by atoms with van der Waals surface area (Å²) in [6.45, 7) is 7.18. The number of nitrogens with zero attached hydrogens (tertiary/aromatic N) is 3. The van der Waals surface area contributed by atoms with Crippen molar-refractivity contribution in [2.45, 2.75) is 33.7 Å². The number of hydrogen-bond donors (Lipinski definition) is 1. The minimum atomic E-state index is 0.603. The topological polar surface area (TPSA) is 77.0 Å². The number of nitrogens with one attached hydrogen (secondary N) is 1. The van der Waals surface area contributed by atoms with Crippen molar-refractivity contribution in [3.63, 3.8) is 0 Å². The van der Waals surface area contributed by atoms with Gasteiger partial charge in [0.1, 0.15) is 5.76 Å². The summed E-state index contributed by atoms with van der Waals surface area (Å²) < 4.78 is 9.98. The van der Waals surface area contributed by atoms with E-state index in [1.807, 2.05) is 13.8 Å². The molecule has 0 spiro atoms. The van der Waals surface area contributed by atoms with Crippen molar-refractivity contribution < 1.29 is 9.05 Å². The summed E-state index contributed by atoms with van der Waals surface area (Å²) in [6.07, 6.45) is 0.751. The van der Waals surface area contributed by atoms with Crippen LogP contribution in [0.25, 0.3) is 0 Å². The standard InChI is InChI=1S/C11H16N4O2/c1-7-10(8(2)16-14-7)6-12-5-4-11-13-9(3)17-15-11/h12H,4-6H2,1-3H3. The maximum absolute atomic E-state index is 5.08. The third-order valence-electron chi connectivity index (χ3n) is 2.58. The summed E-state index contributed by atoms with van der Waals surface area (Å²) in [5.41, 5.74) is 2.06. The highest BCUT2D eigenvalue weighted by molar-refractivity contribution is 5.20. The monoisotopic (exact) mass is 236 g/mol. The van der Waals surface area contributed by atoms with E-state index in [0.29, 0.717) is 5.89 Å². The minimum absolute atomic E-state index is 0.603. The van der Waals surface area contributed by atoms with Crippen LogP contribution in [-0.2, 0) is 13.0 Å². The van der Waals surface area contributed by atoms with Gasteiger partial charge in [0.15, 0.2) is 5.82 Å². The van der Waals surface area contributed by atoms with Crippen LogP contribution in [0.2, 0.25) is 0 Å². The van der Waals surface area contributed by atoms with Crippen molar-refractivity contribution in [3.05, 3.63) is 28.7 Å². The van der Waals surface area contributed by atoms with Gasteiger partial charge in [0, 0.05) is 32.0 Å². The predicted octanol–water partition coefficient (Wildman–Crippen LogP) is 1.32. The average molecular weight is 236 g/mol. The molecule has 2 heterocycles. The Morgan fingerprint density at radius 3 is 2.53 bits per heavy atom. The smallest absolute Gasteiger partial charge is 0.223 e. The highest BCUT2D eigenvalue weighted by atomic mass is 16.5. The molecule has 1 N–H and O–H groups in total. The van der Waals surface area contributed by atoms with Crippen molar-refractivity contribution in [1.29, 1.82) is 0 Å². The van der Waals surface area contributed by atoms with E-state index in [-0.39, 0.29) is 0 Å². The molecule has 0 aliphatic carbocycles. The zero-order valence-electron chi connectivity index (χ0n) is 10.3. The molecular weight excluding hydrogens is 220 g/mol. The Bertz CT molecular complexity index is 470. The first-order valence-corrected chi connectivity index (χ1v) is 5.58. The first-order valence-electron chi connectivity index (χ1n) is 5.58. The molecular formula is C11H16N4O2. The Morgan fingerprint density at radius 1 is 1.12 bits per heavy atom. The molecule has 0 radical (unpaired) electrons. The molecule has 6 heteroatoms. The van der Waals surface area contributed by atoms with E-state index >= 15 is 0 Å². The highest BCUT2D eigenvalue weighted by Crippen LogP contribution is 2.11. The number of hydrogen-bond acceptors (Lipinski definition) is 6. The number of aromatic nitrogens is 3. The largest absolute Gasteiger partial charge is 0.361 e. The molecule has 0 unspecified atom stereocenters. The van der Waals surface area contributed by atoms with Crippen molar-refractivity contribution in [2.75, 3.05) is 6.54 Å². The Labute approximate surface area is 99.4 Å². The van der Waals surface area contributed by atoms with Gasteiger partial charge in [0.05, 0.1) is 5.69 Å². The van der Waals surface area contributed by atoms with E-state index in [9.17, 15) is 0 Å². The first-order chi connectivity index (χ1) is 8.16. The van der Waals surface area contributed by atoms with Crippen molar-refractivity contribution in [1.82, 2.24) is 20.6 Å². The van der Waals surface area contributed by atoms with Gasteiger partial charge < -0.3 is 14.4 Å².